The van der Waals surface area contributed by atoms with E-state index in [9.17, 15) is 8.63 Å². The van der Waals surface area contributed by atoms with Crippen molar-refractivity contribution in [3.63, 3.8) is 0 Å². The highest BCUT2D eigenvalue weighted by molar-refractivity contribution is 6.53. The van der Waals surface area contributed by atoms with E-state index in [1.54, 1.807) is 12.1 Å². The van der Waals surface area contributed by atoms with E-state index in [-0.39, 0.29) is 5.76 Å². The van der Waals surface area contributed by atoms with E-state index in [4.69, 9.17) is 18.6 Å². The fourth-order valence-corrected chi connectivity index (χ4v) is 1.87. The summed E-state index contributed by atoms with van der Waals surface area (Å²) in [5, 5.41) is 0. The summed E-state index contributed by atoms with van der Waals surface area (Å²) in [6.07, 6.45) is 1.97. The molecule has 0 bridgehead atoms. The van der Waals surface area contributed by atoms with E-state index in [0.29, 0.717) is 10.0 Å². The Hall–Kier alpha value is -1.36. The third-order valence-electron chi connectivity index (χ3n) is 2.86. The maximum atomic E-state index is 13.2. The average molecular weight is 368 g/mol. The lowest BCUT2D eigenvalue weighted by Crippen LogP contribution is -2.68. The molecule has 7 nitrogen and oxygen atoms in total. The van der Waals surface area contributed by atoms with Crippen molar-refractivity contribution in [1.82, 2.24) is 4.48 Å². The van der Waals surface area contributed by atoms with Gasteiger partial charge >= 0.3 is 12.9 Å². The lowest BCUT2D eigenvalue weighted by Gasteiger charge is -2.29. The van der Waals surface area contributed by atoms with Gasteiger partial charge in [-0.3, -0.25) is 4.48 Å². The van der Waals surface area contributed by atoms with Crippen LogP contribution in [-0.2, 0) is 9.31 Å². The topological polar surface area (TPSA) is 111 Å². The van der Waals surface area contributed by atoms with E-state index < -0.39 is 23.5 Å². The maximum Gasteiger partial charge on any atom is 0.668 e. The Labute approximate surface area is 140 Å². The molecule has 2 rings (SSSR count). The fraction of sp³-hybridized carbons (Fsp3) is 0.385. The van der Waals surface area contributed by atoms with E-state index in [2.05, 4.69) is 15.4 Å². The summed E-state index contributed by atoms with van der Waals surface area (Å²) in [7, 11) is -3.10. The number of halogens is 3. The van der Waals surface area contributed by atoms with Crippen LogP contribution in [0, 0.1) is 16.3 Å². The zero-order valence-corrected chi connectivity index (χ0v) is 14.3. The van der Waals surface area contributed by atoms with Crippen molar-refractivity contribution in [3.05, 3.63) is 35.9 Å². The first-order valence-electron chi connectivity index (χ1n) is 6.72. The number of nitrogens with zero attached hydrogens (tertiary/aromatic N) is 1. The molecule has 134 valence electrons. The summed E-state index contributed by atoms with van der Waals surface area (Å²) in [6, 6.07) is 7.29. The van der Waals surface area contributed by atoms with Gasteiger partial charge in [0, 0.05) is 24.3 Å². The molecule has 1 aliphatic heterocycles. The van der Waals surface area contributed by atoms with Crippen LogP contribution < -0.4 is 23.1 Å². The summed E-state index contributed by atoms with van der Waals surface area (Å²) in [6.45, 7) is 1.51. The van der Waals surface area contributed by atoms with Crippen molar-refractivity contribution in [2.45, 2.75) is 13.0 Å². The van der Waals surface area contributed by atoms with Crippen molar-refractivity contribution in [1.29, 1.82) is 0 Å². The largest absolute Gasteiger partial charge is 0.668 e. The minimum atomic E-state index is -4.94. The number of benzene rings is 1. The smallest absolute Gasteiger partial charge is 0.601 e. The number of hydrogen-bond donors (Lipinski definition) is 0. The first-order valence-corrected chi connectivity index (χ1v) is 7.95. The second-order valence-electron chi connectivity index (χ2n) is 5.84. The average Bonchev–Trinajstić information content (AvgIpc) is 2.33. The molecule has 0 aliphatic carbocycles. The van der Waals surface area contributed by atoms with Crippen LogP contribution in [0.4, 0.5) is 14.3 Å². The molecule has 0 aromatic heterocycles. The Balaban J connectivity index is 0.000000505. The highest BCUT2D eigenvalue weighted by atomic mass is 35.7. The van der Waals surface area contributed by atoms with Crippen LogP contribution >= 0.6 is 0 Å². The maximum absolute atomic E-state index is 13.2. The second-order valence-corrected chi connectivity index (χ2v) is 6.60. The van der Waals surface area contributed by atoms with Crippen LogP contribution in [0.3, 0.4) is 0 Å². The van der Waals surface area contributed by atoms with Gasteiger partial charge in [0.25, 0.3) is 0 Å². The molecule has 24 heavy (non-hydrogen) atoms. The van der Waals surface area contributed by atoms with E-state index in [1.165, 1.54) is 6.92 Å². The Bertz CT molecular complexity index is 580. The van der Waals surface area contributed by atoms with Gasteiger partial charge in [0.05, 0.1) is 21.1 Å². The van der Waals surface area contributed by atoms with Gasteiger partial charge in [-0.05, 0) is 6.92 Å². The van der Waals surface area contributed by atoms with Gasteiger partial charge < -0.3 is 17.9 Å². The molecule has 0 N–H and O–H groups in total. The third-order valence-corrected chi connectivity index (χ3v) is 2.86. The van der Waals surface area contributed by atoms with Gasteiger partial charge in [-0.2, -0.15) is 0 Å². The Morgan fingerprint density at radius 3 is 1.92 bits per heavy atom. The zero-order chi connectivity index (χ0) is 18.8. The fourth-order valence-electron chi connectivity index (χ4n) is 1.87. The molecule has 11 heteroatoms. The lowest BCUT2D eigenvalue weighted by atomic mass is 10.0. The van der Waals surface area contributed by atoms with Crippen LogP contribution in [0.1, 0.15) is 12.5 Å². The summed E-state index contributed by atoms with van der Waals surface area (Å²) < 4.78 is 70.0. The van der Waals surface area contributed by atoms with Crippen molar-refractivity contribution in [3.8, 4) is 0 Å². The summed E-state index contributed by atoms with van der Waals surface area (Å²) in [5.74, 6) is 0.0525. The van der Waals surface area contributed by atoms with Gasteiger partial charge in [0.2, 0.25) is 0 Å². The molecule has 1 heterocycles. The normalized spacial score (nSPS) is 20.1. The predicted octanol–water partition coefficient (Wildman–Crippen LogP) is -1.92. The third kappa shape index (κ3) is 7.48. The Morgan fingerprint density at radius 2 is 1.54 bits per heavy atom. The van der Waals surface area contributed by atoms with E-state index in [1.807, 2.05) is 33.3 Å². The highest BCUT2D eigenvalue weighted by Gasteiger charge is 2.42. The highest BCUT2D eigenvalue weighted by Crippen LogP contribution is 2.30. The molecule has 0 fully saturated rings. The molecular weight excluding hydrogens is 350 g/mol. The first-order chi connectivity index (χ1) is 10.7. The van der Waals surface area contributed by atoms with Gasteiger partial charge in [-0.15, -0.1) is 10.2 Å². The summed E-state index contributed by atoms with van der Waals surface area (Å²) in [4.78, 5) is 0. The quantitative estimate of drug-likeness (QED) is 0.342. The van der Waals surface area contributed by atoms with Crippen molar-refractivity contribution in [2.24, 2.45) is 0 Å². The molecule has 1 aromatic rings. The van der Waals surface area contributed by atoms with Crippen LogP contribution in [0.15, 0.2) is 24.3 Å². The Morgan fingerprint density at radius 1 is 1.08 bits per heavy atom. The van der Waals surface area contributed by atoms with Gasteiger partial charge in [-0.1, -0.05) is 0 Å². The standard InChI is InChI=1S/C13H17BF2NO2.ClHO4/c1-10-9-13(19-14(15,16)18-10)11-5-7-12(8-6-11)17(2,3)4;2-1(3,4)5/h5-8,10H,1-4H3;(H,2,3,4,5)/q+1;/p-1. The summed E-state index contributed by atoms with van der Waals surface area (Å²) >= 11 is 0. The van der Waals surface area contributed by atoms with E-state index in [0.717, 1.165) is 5.69 Å². The molecular formula is C13H17BClF2NO6. The first kappa shape index (κ1) is 20.7. The van der Waals surface area contributed by atoms with Crippen LogP contribution in [0.25, 0.3) is 5.76 Å². The van der Waals surface area contributed by atoms with Gasteiger partial charge in [0.15, 0.2) is 11.7 Å². The Kier molecular flexibility index (Phi) is 6.26. The second kappa shape index (κ2) is 7.26. The summed E-state index contributed by atoms with van der Waals surface area (Å²) in [5.41, 5.74) is 1.65. The molecule has 1 unspecified atom stereocenters. The number of rotatable bonds is 2. The lowest BCUT2D eigenvalue weighted by molar-refractivity contribution is -2.00. The molecule has 0 saturated carbocycles. The van der Waals surface area contributed by atoms with Crippen LogP contribution in [0.5, 0.6) is 0 Å². The van der Waals surface area contributed by atoms with Crippen LogP contribution in [0.2, 0.25) is 0 Å². The minimum Gasteiger partial charge on any atom is -0.601 e. The number of quaternary nitrogens is 1. The molecule has 0 spiro atoms. The monoisotopic (exact) mass is 367 g/mol. The van der Waals surface area contributed by atoms with E-state index >= 15 is 0 Å². The van der Waals surface area contributed by atoms with Gasteiger partial charge in [0.1, 0.15) is 11.8 Å². The molecule has 1 aromatic carbocycles. The minimum absolute atomic E-state index is 0.0525. The predicted molar refractivity (Wildman–Crippen MR) is 72.3 cm³/mol. The van der Waals surface area contributed by atoms with Gasteiger partial charge in [-0.25, -0.2) is 18.6 Å². The molecule has 0 amide bonds. The van der Waals surface area contributed by atoms with Crippen molar-refractivity contribution >= 4 is 18.6 Å². The SMILES string of the molecule is CC1[C+]=C(c2ccc([N+](C)(C)C)cc2)O[B-](F)(F)O1.[O-][Cl+3]([O-])([O-])[O-]. The number of hydrogen-bond acceptors (Lipinski definition) is 6. The van der Waals surface area contributed by atoms with Crippen molar-refractivity contribution < 1.29 is 46.8 Å². The molecule has 1 aliphatic rings. The van der Waals surface area contributed by atoms with Crippen LogP contribution in [-0.4, -0.2) is 34.4 Å². The molecule has 1 atom stereocenters. The molecule has 0 saturated heterocycles. The molecule has 0 radical (unpaired) electrons. The van der Waals surface area contributed by atoms with Crippen molar-refractivity contribution in [2.75, 3.05) is 21.1 Å². The zero-order valence-electron chi connectivity index (χ0n) is 13.5.